The molecular formula is C26H21FN8. The summed E-state index contributed by atoms with van der Waals surface area (Å²) >= 11 is 0. The number of aromatic nitrogens is 7. The Morgan fingerprint density at radius 2 is 1.89 bits per heavy atom. The predicted octanol–water partition coefficient (Wildman–Crippen LogP) is 4.83. The maximum Gasteiger partial charge on any atom is 0.178 e. The molecule has 172 valence electrons. The Kier molecular flexibility index (Phi) is 5.04. The number of halogens is 1. The van der Waals surface area contributed by atoms with Crippen molar-refractivity contribution >= 4 is 22.1 Å². The largest absolute Gasteiger partial charge is 0.335 e. The average molecular weight is 465 g/mol. The van der Waals surface area contributed by atoms with Crippen LogP contribution in [0.25, 0.3) is 56.0 Å². The van der Waals surface area contributed by atoms with E-state index in [9.17, 15) is 0 Å². The average Bonchev–Trinajstić information content (AvgIpc) is 3.49. The first-order valence-corrected chi connectivity index (χ1v) is 11.1. The number of nitrogens with one attached hydrogen (secondary N) is 2. The molecule has 0 aliphatic rings. The monoisotopic (exact) mass is 464 g/mol. The molecule has 8 nitrogen and oxygen atoms in total. The van der Waals surface area contributed by atoms with Crippen molar-refractivity contribution in [2.75, 3.05) is 14.1 Å². The highest BCUT2D eigenvalue weighted by atomic mass is 19.1. The third kappa shape index (κ3) is 3.71. The van der Waals surface area contributed by atoms with Crippen molar-refractivity contribution in [1.82, 2.24) is 40.0 Å². The first-order chi connectivity index (χ1) is 17.1. The summed E-state index contributed by atoms with van der Waals surface area (Å²) in [5, 5.41) is 7.68. The van der Waals surface area contributed by atoms with E-state index in [2.05, 4.69) is 35.1 Å². The Labute approximate surface area is 199 Å². The van der Waals surface area contributed by atoms with Gasteiger partial charge in [0.2, 0.25) is 0 Å². The van der Waals surface area contributed by atoms with Crippen LogP contribution in [0.5, 0.6) is 0 Å². The van der Waals surface area contributed by atoms with Crippen molar-refractivity contribution in [3.8, 4) is 33.9 Å². The van der Waals surface area contributed by atoms with E-state index in [1.54, 1.807) is 30.9 Å². The van der Waals surface area contributed by atoms with Gasteiger partial charge < -0.3 is 9.88 Å². The molecule has 0 bridgehead atoms. The summed E-state index contributed by atoms with van der Waals surface area (Å²) in [5.74, 6) is 0.0473. The lowest BCUT2D eigenvalue weighted by Gasteiger charge is -2.11. The van der Waals surface area contributed by atoms with E-state index >= 15 is 4.39 Å². The summed E-state index contributed by atoms with van der Waals surface area (Å²) in [7, 11) is 3.97. The van der Waals surface area contributed by atoms with E-state index in [1.165, 1.54) is 0 Å². The van der Waals surface area contributed by atoms with Gasteiger partial charge in [-0.15, -0.1) is 0 Å². The Bertz CT molecular complexity index is 1670. The molecule has 0 aliphatic carbocycles. The van der Waals surface area contributed by atoms with Crippen LogP contribution in [0, 0.1) is 5.82 Å². The lowest BCUT2D eigenvalue weighted by molar-refractivity contribution is 0.402. The van der Waals surface area contributed by atoms with Crippen LogP contribution in [-0.4, -0.2) is 54.1 Å². The molecule has 2 N–H and O–H groups in total. The van der Waals surface area contributed by atoms with Crippen LogP contribution < -0.4 is 0 Å². The smallest absolute Gasteiger partial charge is 0.178 e. The summed E-state index contributed by atoms with van der Waals surface area (Å²) in [4.78, 5) is 23.1. The highest BCUT2D eigenvalue weighted by Gasteiger charge is 2.21. The molecule has 9 heteroatoms. The maximum atomic E-state index is 16.0. The van der Waals surface area contributed by atoms with Crippen molar-refractivity contribution in [1.29, 1.82) is 0 Å². The molecule has 0 aliphatic heterocycles. The number of rotatable bonds is 5. The van der Waals surface area contributed by atoms with Crippen LogP contribution in [-0.2, 0) is 6.54 Å². The molecule has 0 fully saturated rings. The van der Waals surface area contributed by atoms with Gasteiger partial charge in [0.05, 0.1) is 22.1 Å². The van der Waals surface area contributed by atoms with E-state index in [1.807, 2.05) is 55.4 Å². The third-order valence-corrected chi connectivity index (χ3v) is 5.83. The van der Waals surface area contributed by atoms with Gasteiger partial charge in [-0.2, -0.15) is 5.10 Å². The number of nitrogens with zero attached hydrogens (tertiary/aromatic N) is 6. The summed E-state index contributed by atoms with van der Waals surface area (Å²) in [5.41, 5.74) is 6.02. The SMILES string of the molecule is CN(C)Cc1cncc(-c2ccc3[nH]nc(-c4nc5nccc(-c6ccccn6)c5[nH]4)c3c2F)c1. The molecular weight excluding hydrogens is 443 g/mol. The second-order valence-electron chi connectivity index (χ2n) is 8.60. The summed E-state index contributed by atoms with van der Waals surface area (Å²) in [6.45, 7) is 0.715. The van der Waals surface area contributed by atoms with Crippen LogP contribution in [0.3, 0.4) is 0 Å². The second kappa shape index (κ2) is 8.37. The quantitative estimate of drug-likeness (QED) is 0.379. The Hall–Kier alpha value is -4.50. The van der Waals surface area contributed by atoms with Crippen molar-refractivity contribution in [2.24, 2.45) is 0 Å². The molecule has 35 heavy (non-hydrogen) atoms. The van der Waals surface area contributed by atoms with E-state index in [0.29, 0.717) is 45.7 Å². The number of pyridine rings is 3. The van der Waals surface area contributed by atoms with Gasteiger partial charge in [-0.05, 0) is 56.1 Å². The van der Waals surface area contributed by atoms with Crippen molar-refractivity contribution in [3.05, 3.63) is 78.6 Å². The summed E-state index contributed by atoms with van der Waals surface area (Å²) in [6, 6.07) is 13.1. The topological polar surface area (TPSA) is 99.3 Å². The van der Waals surface area contributed by atoms with Gasteiger partial charge in [-0.25, -0.2) is 14.4 Å². The van der Waals surface area contributed by atoms with Crippen LogP contribution >= 0.6 is 0 Å². The van der Waals surface area contributed by atoms with Gasteiger partial charge in [-0.3, -0.25) is 15.1 Å². The fourth-order valence-electron chi connectivity index (χ4n) is 4.31. The lowest BCUT2D eigenvalue weighted by atomic mass is 10.0. The first kappa shape index (κ1) is 21.1. The fourth-order valence-corrected chi connectivity index (χ4v) is 4.31. The van der Waals surface area contributed by atoms with Crippen LogP contribution in [0.4, 0.5) is 4.39 Å². The van der Waals surface area contributed by atoms with Gasteiger partial charge in [0.25, 0.3) is 0 Å². The second-order valence-corrected chi connectivity index (χ2v) is 8.60. The zero-order valence-corrected chi connectivity index (χ0v) is 19.1. The van der Waals surface area contributed by atoms with Gasteiger partial charge in [-0.1, -0.05) is 6.07 Å². The number of H-pyrrole nitrogens is 2. The van der Waals surface area contributed by atoms with E-state index in [0.717, 1.165) is 22.3 Å². The Morgan fingerprint density at radius 1 is 0.971 bits per heavy atom. The molecule has 0 radical (unpaired) electrons. The Morgan fingerprint density at radius 3 is 2.71 bits per heavy atom. The zero-order valence-electron chi connectivity index (χ0n) is 19.1. The first-order valence-electron chi connectivity index (χ1n) is 11.1. The number of hydrogen-bond acceptors (Lipinski definition) is 6. The number of aromatic amines is 2. The van der Waals surface area contributed by atoms with E-state index in [-0.39, 0.29) is 5.82 Å². The molecule has 0 saturated heterocycles. The maximum absolute atomic E-state index is 16.0. The summed E-state index contributed by atoms with van der Waals surface area (Å²) < 4.78 is 16.0. The fraction of sp³-hybridized carbons (Fsp3) is 0.115. The zero-order chi connectivity index (χ0) is 23.9. The standard InChI is InChI=1S/C26H21FN8/c1-35(2)14-15-11-16(13-28-12-15)17-6-7-20-21(22(17)27)24(34-33-20)26-31-23-18(8-10-30-25(23)32-26)19-5-3-4-9-29-19/h3-13H,14H2,1-2H3,(H,33,34)(H,30,31,32). The number of hydrogen-bond donors (Lipinski definition) is 2. The normalized spacial score (nSPS) is 11.7. The van der Waals surface area contributed by atoms with E-state index < -0.39 is 0 Å². The third-order valence-electron chi connectivity index (χ3n) is 5.83. The molecule has 5 heterocycles. The van der Waals surface area contributed by atoms with Gasteiger partial charge in [0.1, 0.15) is 11.5 Å². The highest BCUT2D eigenvalue weighted by Crippen LogP contribution is 2.34. The van der Waals surface area contributed by atoms with Crippen LogP contribution in [0.2, 0.25) is 0 Å². The lowest BCUT2D eigenvalue weighted by Crippen LogP contribution is -2.10. The van der Waals surface area contributed by atoms with E-state index in [4.69, 9.17) is 0 Å². The number of fused-ring (bicyclic) bond motifs is 2. The molecule has 0 atom stereocenters. The van der Waals surface area contributed by atoms with Crippen molar-refractivity contribution in [2.45, 2.75) is 6.54 Å². The molecule has 1 aromatic carbocycles. The molecule has 5 aromatic heterocycles. The minimum Gasteiger partial charge on any atom is -0.335 e. The Balaban J connectivity index is 1.49. The van der Waals surface area contributed by atoms with Crippen LogP contribution in [0.15, 0.2) is 67.3 Å². The van der Waals surface area contributed by atoms with Gasteiger partial charge in [0.15, 0.2) is 11.5 Å². The highest BCUT2D eigenvalue weighted by molar-refractivity contribution is 5.97. The number of imidazole rings is 1. The van der Waals surface area contributed by atoms with Gasteiger partial charge in [0, 0.05) is 48.0 Å². The molecule has 6 aromatic rings. The molecule has 0 saturated carbocycles. The minimum absolute atomic E-state index is 0.360. The molecule has 0 unspecified atom stereocenters. The van der Waals surface area contributed by atoms with Crippen molar-refractivity contribution in [3.63, 3.8) is 0 Å². The molecule has 6 rings (SSSR count). The summed E-state index contributed by atoms with van der Waals surface area (Å²) in [6.07, 6.45) is 6.89. The molecule has 0 amide bonds. The van der Waals surface area contributed by atoms with Crippen molar-refractivity contribution < 1.29 is 4.39 Å². The van der Waals surface area contributed by atoms with Crippen LogP contribution in [0.1, 0.15) is 5.56 Å². The predicted molar refractivity (Wildman–Crippen MR) is 133 cm³/mol. The number of benzene rings is 1. The molecule has 0 spiro atoms. The minimum atomic E-state index is -0.381. The van der Waals surface area contributed by atoms with Gasteiger partial charge >= 0.3 is 0 Å².